The topological polar surface area (TPSA) is 70.6 Å². The van der Waals surface area contributed by atoms with Gasteiger partial charge in [0.2, 0.25) is 5.91 Å². The first kappa shape index (κ1) is 14.4. The van der Waals surface area contributed by atoms with Gasteiger partial charge in [-0.1, -0.05) is 13.3 Å². The number of aliphatic hydroxyl groups is 1. The van der Waals surface area contributed by atoms with Crippen LogP contribution in [0.4, 0.5) is 0 Å². The summed E-state index contributed by atoms with van der Waals surface area (Å²) in [6, 6.07) is -0.197. The van der Waals surface area contributed by atoms with Gasteiger partial charge in [-0.25, -0.2) is 0 Å². The van der Waals surface area contributed by atoms with Crippen LogP contribution in [0, 0.1) is 0 Å². The van der Waals surface area contributed by atoms with E-state index in [4.69, 9.17) is 4.74 Å². The zero-order valence-corrected chi connectivity index (χ0v) is 11.0. The number of hydrogen-bond acceptors (Lipinski definition) is 4. The summed E-state index contributed by atoms with van der Waals surface area (Å²) in [5, 5.41) is 15.8. The highest BCUT2D eigenvalue weighted by Crippen LogP contribution is 2.12. The van der Waals surface area contributed by atoms with E-state index < -0.39 is 5.60 Å². The molecule has 17 heavy (non-hydrogen) atoms. The third-order valence-electron chi connectivity index (χ3n) is 3.17. The molecular formula is C12H24N2O3. The molecule has 0 aromatic heterocycles. The van der Waals surface area contributed by atoms with Crippen LogP contribution in [0.25, 0.3) is 0 Å². The van der Waals surface area contributed by atoms with Gasteiger partial charge >= 0.3 is 0 Å². The second-order valence-corrected chi connectivity index (χ2v) is 5.02. The standard InChI is InChI=1S/C12H24N2O3/c1-4-5-12(2,16)8-14-11(15)10-6-9(17-3)7-13-10/h9-10,13,16H,4-8H2,1-3H3,(H,14,15). The van der Waals surface area contributed by atoms with Gasteiger partial charge in [0.15, 0.2) is 0 Å². The fourth-order valence-corrected chi connectivity index (χ4v) is 2.11. The van der Waals surface area contributed by atoms with Crippen molar-refractivity contribution in [2.24, 2.45) is 0 Å². The molecule has 1 fully saturated rings. The molecule has 0 radical (unpaired) electrons. The quantitative estimate of drug-likeness (QED) is 0.616. The summed E-state index contributed by atoms with van der Waals surface area (Å²) < 4.78 is 5.18. The lowest BCUT2D eigenvalue weighted by Gasteiger charge is -2.23. The Hall–Kier alpha value is -0.650. The predicted molar refractivity (Wildman–Crippen MR) is 65.7 cm³/mol. The van der Waals surface area contributed by atoms with Crippen LogP contribution in [0.1, 0.15) is 33.1 Å². The molecule has 1 heterocycles. The fraction of sp³-hybridized carbons (Fsp3) is 0.917. The van der Waals surface area contributed by atoms with Crippen LogP contribution in [-0.2, 0) is 9.53 Å². The van der Waals surface area contributed by atoms with Gasteiger partial charge in [-0.2, -0.15) is 0 Å². The van der Waals surface area contributed by atoms with E-state index in [1.165, 1.54) is 0 Å². The van der Waals surface area contributed by atoms with E-state index in [1.54, 1.807) is 14.0 Å². The minimum absolute atomic E-state index is 0.0547. The highest BCUT2D eigenvalue weighted by atomic mass is 16.5. The maximum atomic E-state index is 11.8. The van der Waals surface area contributed by atoms with Crippen LogP contribution >= 0.6 is 0 Å². The molecule has 3 N–H and O–H groups in total. The monoisotopic (exact) mass is 244 g/mol. The van der Waals surface area contributed by atoms with Gasteiger partial charge in [0.05, 0.1) is 17.7 Å². The first-order valence-corrected chi connectivity index (χ1v) is 6.25. The van der Waals surface area contributed by atoms with Crippen LogP contribution in [0.15, 0.2) is 0 Å². The molecule has 5 nitrogen and oxygen atoms in total. The number of hydrogen-bond donors (Lipinski definition) is 3. The molecular weight excluding hydrogens is 220 g/mol. The molecule has 1 aliphatic heterocycles. The van der Waals surface area contributed by atoms with E-state index in [2.05, 4.69) is 10.6 Å². The molecule has 1 saturated heterocycles. The van der Waals surface area contributed by atoms with E-state index in [0.717, 1.165) is 6.42 Å². The number of ether oxygens (including phenoxy) is 1. The van der Waals surface area contributed by atoms with Gasteiger partial charge in [-0.3, -0.25) is 4.79 Å². The number of carbonyl (C=O) groups is 1. The Labute approximate surface area is 103 Å². The van der Waals surface area contributed by atoms with Crippen LogP contribution in [0.5, 0.6) is 0 Å². The smallest absolute Gasteiger partial charge is 0.237 e. The predicted octanol–water partition coefficient (Wildman–Crippen LogP) is 0.0306. The Morgan fingerprint density at radius 3 is 2.88 bits per heavy atom. The lowest BCUT2D eigenvalue weighted by atomic mass is 10.0. The van der Waals surface area contributed by atoms with E-state index in [9.17, 15) is 9.90 Å². The van der Waals surface area contributed by atoms with E-state index in [0.29, 0.717) is 25.9 Å². The highest BCUT2D eigenvalue weighted by molar-refractivity contribution is 5.82. The van der Waals surface area contributed by atoms with E-state index in [-0.39, 0.29) is 18.1 Å². The molecule has 0 spiro atoms. The summed E-state index contributed by atoms with van der Waals surface area (Å²) in [5.41, 5.74) is -0.816. The van der Waals surface area contributed by atoms with Crippen molar-refractivity contribution in [2.45, 2.75) is 50.9 Å². The highest BCUT2D eigenvalue weighted by Gasteiger charge is 2.30. The summed E-state index contributed by atoms with van der Waals surface area (Å²) in [6.07, 6.45) is 2.39. The minimum Gasteiger partial charge on any atom is -0.388 e. The molecule has 100 valence electrons. The van der Waals surface area contributed by atoms with Crippen LogP contribution in [0.3, 0.4) is 0 Å². The first-order chi connectivity index (χ1) is 7.98. The van der Waals surface area contributed by atoms with Crippen LogP contribution in [-0.4, -0.2) is 49.0 Å². The van der Waals surface area contributed by atoms with Gasteiger partial charge in [0.1, 0.15) is 0 Å². The van der Waals surface area contributed by atoms with Crippen molar-refractivity contribution in [1.29, 1.82) is 0 Å². The summed E-state index contributed by atoms with van der Waals surface area (Å²) in [6.45, 7) is 4.77. The van der Waals surface area contributed by atoms with Crippen molar-refractivity contribution in [3.05, 3.63) is 0 Å². The third-order valence-corrected chi connectivity index (χ3v) is 3.17. The number of rotatable bonds is 6. The fourth-order valence-electron chi connectivity index (χ4n) is 2.11. The van der Waals surface area contributed by atoms with E-state index >= 15 is 0 Å². The van der Waals surface area contributed by atoms with Crippen molar-refractivity contribution in [3.8, 4) is 0 Å². The van der Waals surface area contributed by atoms with Gasteiger partial charge in [-0.05, 0) is 19.8 Å². The first-order valence-electron chi connectivity index (χ1n) is 6.25. The Bertz CT molecular complexity index is 256. The molecule has 0 aromatic rings. The number of carbonyl (C=O) groups excluding carboxylic acids is 1. The molecule has 0 aromatic carbocycles. The van der Waals surface area contributed by atoms with Crippen LogP contribution < -0.4 is 10.6 Å². The Balaban J connectivity index is 2.30. The van der Waals surface area contributed by atoms with Gasteiger partial charge < -0.3 is 20.5 Å². The number of methoxy groups -OCH3 is 1. The summed E-state index contributed by atoms with van der Waals surface area (Å²) in [4.78, 5) is 11.8. The molecule has 5 heteroatoms. The van der Waals surface area contributed by atoms with Crippen molar-refractivity contribution in [2.75, 3.05) is 20.2 Å². The summed E-state index contributed by atoms with van der Waals surface area (Å²) in [7, 11) is 1.65. The van der Waals surface area contributed by atoms with Gasteiger partial charge in [-0.15, -0.1) is 0 Å². The van der Waals surface area contributed by atoms with Crippen molar-refractivity contribution in [1.82, 2.24) is 10.6 Å². The molecule has 0 saturated carbocycles. The molecule has 0 aliphatic carbocycles. The average molecular weight is 244 g/mol. The van der Waals surface area contributed by atoms with Gasteiger partial charge in [0, 0.05) is 20.2 Å². The Morgan fingerprint density at radius 2 is 2.35 bits per heavy atom. The summed E-state index contributed by atoms with van der Waals surface area (Å²) >= 11 is 0. The minimum atomic E-state index is -0.816. The molecule has 1 aliphatic rings. The van der Waals surface area contributed by atoms with Crippen LogP contribution in [0.2, 0.25) is 0 Å². The molecule has 0 bridgehead atoms. The molecule has 3 atom stereocenters. The SMILES string of the molecule is CCCC(C)(O)CNC(=O)C1CC(OC)CN1. The molecule has 1 amide bonds. The van der Waals surface area contributed by atoms with Crippen molar-refractivity contribution >= 4 is 5.91 Å². The largest absolute Gasteiger partial charge is 0.388 e. The second kappa shape index (κ2) is 6.33. The normalized spacial score (nSPS) is 27.8. The zero-order valence-electron chi connectivity index (χ0n) is 11.0. The van der Waals surface area contributed by atoms with E-state index in [1.807, 2.05) is 6.92 Å². The Kier molecular flexibility index (Phi) is 5.36. The zero-order chi connectivity index (χ0) is 12.9. The van der Waals surface area contributed by atoms with Gasteiger partial charge in [0.25, 0.3) is 0 Å². The maximum absolute atomic E-state index is 11.8. The molecule has 3 unspecified atom stereocenters. The average Bonchev–Trinajstić information content (AvgIpc) is 2.74. The Morgan fingerprint density at radius 1 is 1.65 bits per heavy atom. The molecule has 1 rings (SSSR count). The number of amides is 1. The lowest BCUT2D eigenvalue weighted by Crippen LogP contribution is -2.46. The third kappa shape index (κ3) is 4.61. The van der Waals surface area contributed by atoms with Crippen molar-refractivity contribution in [3.63, 3.8) is 0 Å². The summed E-state index contributed by atoms with van der Waals surface area (Å²) in [5.74, 6) is -0.0547. The second-order valence-electron chi connectivity index (χ2n) is 5.02. The number of nitrogens with one attached hydrogen (secondary N) is 2. The van der Waals surface area contributed by atoms with Crippen molar-refractivity contribution < 1.29 is 14.6 Å². The lowest BCUT2D eigenvalue weighted by molar-refractivity contribution is -0.124. The maximum Gasteiger partial charge on any atom is 0.237 e.